The first-order valence-electron chi connectivity index (χ1n) is 4.85. The highest BCUT2D eigenvalue weighted by molar-refractivity contribution is 5.03. The van der Waals surface area contributed by atoms with Gasteiger partial charge in [-0.1, -0.05) is 13.5 Å². The summed E-state index contributed by atoms with van der Waals surface area (Å²) in [4.78, 5) is 24.5. The molecule has 6 heteroatoms. The van der Waals surface area contributed by atoms with Gasteiger partial charge in [-0.2, -0.15) is 0 Å². The number of aliphatic hydroxyl groups is 1. The van der Waals surface area contributed by atoms with E-state index in [9.17, 15) is 14.7 Å². The summed E-state index contributed by atoms with van der Waals surface area (Å²) in [5, 5.41) is 9.63. The molecule has 6 nitrogen and oxygen atoms in total. The molecule has 1 fully saturated rings. The smallest absolute Gasteiger partial charge is 0.331 e. The van der Waals surface area contributed by atoms with Crippen LogP contribution in [0.1, 0.15) is 13.2 Å². The molecule has 1 aliphatic heterocycles. The van der Waals surface area contributed by atoms with Gasteiger partial charge in [-0.3, -0.25) is 14.3 Å². The van der Waals surface area contributed by atoms with Crippen LogP contribution in [0.15, 0.2) is 34.2 Å². The zero-order chi connectivity index (χ0) is 11.9. The van der Waals surface area contributed by atoms with Gasteiger partial charge in [-0.15, -0.1) is 0 Å². The third-order valence-electron chi connectivity index (χ3n) is 2.68. The van der Waals surface area contributed by atoms with E-state index in [0.29, 0.717) is 0 Å². The molecule has 0 bridgehead atoms. The topological polar surface area (TPSA) is 84.3 Å². The molecule has 2 heterocycles. The Labute approximate surface area is 90.8 Å². The van der Waals surface area contributed by atoms with Gasteiger partial charge in [0.2, 0.25) is 0 Å². The second-order valence-corrected chi connectivity index (χ2v) is 3.80. The monoisotopic (exact) mass is 224 g/mol. The summed E-state index contributed by atoms with van der Waals surface area (Å²) in [5.74, 6) is -0.0632. The van der Waals surface area contributed by atoms with E-state index in [-0.39, 0.29) is 11.7 Å². The molecule has 2 N–H and O–H groups in total. The summed E-state index contributed by atoms with van der Waals surface area (Å²) >= 11 is 0. The van der Waals surface area contributed by atoms with Crippen molar-refractivity contribution in [1.29, 1.82) is 0 Å². The van der Waals surface area contributed by atoms with Crippen molar-refractivity contribution in [1.82, 2.24) is 9.55 Å². The molecule has 0 spiro atoms. The van der Waals surface area contributed by atoms with E-state index < -0.39 is 23.6 Å². The number of ether oxygens (including phenoxy) is 1. The van der Waals surface area contributed by atoms with Gasteiger partial charge in [0, 0.05) is 18.2 Å². The average Bonchev–Trinajstić information content (AvgIpc) is 2.46. The first-order chi connectivity index (χ1) is 7.50. The molecule has 3 atom stereocenters. The molecule has 2 rings (SSSR count). The number of nitrogens with one attached hydrogen (secondary N) is 1. The normalized spacial score (nSPS) is 29.1. The van der Waals surface area contributed by atoms with E-state index in [1.54, 1.807) is 6.92 Å². The highest BCUT2D eigenvalue weighted by Gasteiger charge is 2.38. The van der Waals surface area contributed by atoms with Crippen LogP contribution in [-0.2, 0) is 4.74 Å². The van der Waals surface area contributed by atoms with E-state index in [0.717, 1.165) is 0 Å². The predicted molar refractivity (Wildman–Crippen MR) is 55.8 cm³/mol. The molecule has 86 valence electrons. The van der Waals surface area contributed by atoms with Gasteiger partial charge < -0.3 is 9.84 Å². The van der Waals surface area contributed by atoms with Gasteiger partial charge in [-0.25, -0.2) is 4.79 Å². The number of H-pyrrole nitrogens is 1. The fraction of sp³-hybridized carbons (Fsp3) is 0.400. The molecule has 1 aliphatic rings. The number of nitrogens with zero attached hydrogens (tertiary/aromatic N) is 1. The van der Waals surface area contributed by atoms with Crippen molar-refractivity contribution in [3.8, 4) is 0 Å². The van der Waals surface area contributed by atoms with Crippen molar-refractivity contribution in [2.24, 2.45) is 5.92 Å². The van der Waals surface area contributed by atoms with Crippen LogP contribution in [0.2, 0.25) is 0 Å². The van der Waals surface area contributed by atoms with Crippen LogP contribution in [0, 0.1) is 5.92 Å². The first-order valence-corrected chi connectivity index (χ1v) is 4.85. The number of rotatable bonds is 1. The minimum absolute atomic E-state index is 0.232. The molecular formula is C10H12N2O4. The number of hydrogen-bond acceptors (Lipinski definition) is 4. The molecule has 0 unspecified atom stereocenters. The lowest BCUT2D eigenvalue weighted by Crippen LogP contribution is -2.33. The largest absolute Gasteiger partial charge is 0.472 e. The molecule has 1 aromatic heterocycles. The lowest BCUT2D eigenvalue weighted by atomic mass is 10.1. The molecule has 0 aliphatic carbocycles. The molecule has 0 amide bonds. The van der Waals surface area contributed by atoms with Crippen LogP contribution in [-0.4, -0.2) is 20.8 Å². The van der Waals surface area contributed by atoms with Crippen molar-refractivity contribution in [3.63, 3.8) is 0 Å². The Hall–Kier alpha value is -1.82. The van der Waals surface area contributed by atoms with Gasteiger partial charge >= 0.3 is 5.69 Å². The molecule has 0 saturated carbocycles. The Morgan fingerprint density at radius 1 is 1.56 bits per heavy atom. The molecule has 16 heavy (non-hydrogen) atoms. The zero-order valence-electron chi connectivity index (χ0n) is 8.71. The van der Waals surface area contributed by atoms with Gasteiger partial charge in [0.15, 0.2) is 6.23 Å². The zero-order valence-corrected chi connectivity index (χ0v) is 8.71. The standard InChI is InChI=1S/C10H12N2O4/c1-5-8(14)6(2)16-9(5)12-4-3-7(13)11-10(12)15/h3-5,8-9,14H,2H2,1H3,(H,11,13,15)/t5-,8-,9+/m0/s1. The van der Waals surface area contributed by atoms with Gasteiger partial charge in [0.1, 0.15) is 11.9 Å². The minimum Gasteiger partial charge on any atom is -0.472 e. The summed E-state index contributed by atoms with van der Waals surface area (Å²) in [6, 6.07) is 1.23. The number of aromatic amines is 1. The number of hydrogen-bond donors (Lipinski definition) is 2. The van der Waals surface area contributed by atoms with E-state index in [2.05, 4.69) is 11.6 Å². The average molecular weight is 224 g/mol. The third kappa shape index (κ3) is 1.57. The highest BCUT2D eigenvalue weighted by Crippen LogP contribution is 2.34. The summed E-state index contributed by atoms with van der Waals surface area (Å²) in [5.41, 5.74) is -1.03. The van der Waals surface area contributed by atoms with E-state index in [1.807, 2.05) is 0 Å². The van der Waals surface area contributed by atoms with Crippen molar-refractivity contribution in [2.45, 2.75) is 19.3 Å². The van der Waals surface area contributed by atoms with Crippen molar-refractivity contribution in [3.05, 3.63) is 45.4 Å². The maximum Gasteiger partial charge on any atom is 0.331 e. The molecule has 0 radical (unpaired) electrons. The van der Waals surface area contributed by atoms with E-state index in [1.165, 1.54) is 16.8 Å². The third-order valence-corrected chi connectivity index (χ3v) is 2.68. The molecule has 1 aromatic rings. The van der Waals surface area contributed by atoms with Crippen LogP contribution < -0.4 is 11.2 Å². The van der Waals surface area contributed by atoms with Gasteiger partial charge in [0.05, 0.1) is 0 Å². The second kappa shape index (κ2) is 3.64. The fourth-order valence-corrected chi connectivity index (χ4v) is 1.72. The highest BCUT2D eigenvalue weighted by atomic mass is 16.5. The number of aliphatic hydroxyl groups excluding tert-OH is 1. The Kier molecular flexibility index (Phi) is 2.43. The maximum absolute atomic E-state index is 11.5. The Bertz CT molecular complexity index is 530. The quantitative estimate of drug-likeness (QED) is 0.678. The molecule has 0 aromatic carbocycles. The Balaban J connectivity index is 2.43. The summed E-state index contributed by atoms with van der Waals surface area (Å²) < 4.78 is 6.52. The SMILES string of the molecule is C=C1O[C@@H](n2ccc(=O)[nH]c2=O)[C@@H](C)[C@@H]1O. The van der Waals surface area contributed by atoms with Crippen LogP contribution >= 0.6 is 0 Å². The van der Waals surface area contributed by atoms with E-state index >= 15 is 0 Å². The summed E-state index contributed by atoms with van der Waals surface area (Å²) in [6.45, 7) is 5.29. The minimum atomic E-state index is -0.802. The van der Waals surface area contributed by atoms with Crippen LogP contribution in [0.4, 0.5) is 0 Å². The lowest BCUT2D eigenvalue weighted by Gasteiger charge is -2.16. The van der Waals surface area contributed by atoms with Crippen molar-refractivity contribution >= 4 is 0 Å². The summed E-state index contributed by atoms with van der Waals surface area (Å²) in [7, 11) is 0. The van der Waals surface area contributed by atoms with Crippen LogP contribution in [0.5, 0.6) is 0 Å². The lowest BCUT2D eigenvalue weighted by molar-refractivity contribution is 0.0629. The van der Waals surface area contributed by atoms with Crippen molar-refractivity contribution in [2.75, 3.05) is 0 Å². The predicted octanol–water partition coefficient (Wildman–Crippen LogP) is -0.424. The number of aromatic nitrogens is 2. The molecule has 1 saturated heterocycles. The van der Waals surface area contributed by atoms with Gasteiger partial charge in [0.25, 0.3) is 5.56 Å². The van der Waals surface area contributed by atoms with E-state index in [4.69, 9.17) is 4.74 Å². The second-order valence-electron chi connectivity index (χ2n) is 3.80. The van der Waals surface area contributed by atoms with Crippen LogP contribution in [0.3, 0.4) is 0 Å². The summed E-state index contributed by atoms with van der Waals surface area (Å²) in [6.07, 6.45) is -0.0936. The van der Waals surface area contributed by atoms with Gasteiger partial charge in [-0.05, 0) is 0 Å². The fourth-order valence-electron chi connectivity index (χ4n) is 1.72. The first kappa shape index (κ1) is 10.7. The Morgan fingerprint density at radius 3 is 2.75 bits per heavy atom. The molecular weight excluding hydrogens is 212 g/mol. The van der Waals surface area contributed by atoms with Crippen molar-refractivity contribution < 1.29 is 9.84 Å². The maximum atomic E-state index is 11.5. The van der Waals surface area contributed by atoms with Crippen LogP contribution in [0.25, 0.3) is 0 Å². The Morgan fingerprint density at radius 2 is 2.25 bits per heavy atom.